The molecule has 5 nitrogen and oxygen atoms in total. The maximum absolute atomic E-state index is 12.3. The van der Waals surface area contributed by atoms with Crippen LogP contribution in [-0.4, -0.2) is 42.8 Å². The normalized spacial score (nSPS) is 15.8. The molecule has 0 radical (unpaired) electrons. The highest BCUT2D eigenvalue weighted by Crippen LogP contribution is 2.22. The molecule has 0 atom stereocenters. The second-order valence-corrected chi connectivity index (χ2v) is 7.05. The Morgan fingerprint density at radius 2 is 1.96 bits per heavy atom. The van der Waals surface area contributed by atoms with Crippen molar-refractivity contribution in [3.8, 4) is 0 Å². The first-order valence-electron chi connectivity index (χ1n) is 7.71. The fraction of sp³-hybridized carbons (Fsp3) is 0.500. The summed E-state index contributed by atoms with van der Waals surface area (Å²) in [5.74, 6) is -0.436. The van der Waals surface area contributed by atoms with Gasteiger partial charge in [0.05, 0.1) is 0 Å². The van der Waals surface area contributed by atoms with Crippen LogP contribution in [0.2, 0.25) is 0 Å². The quantitative estimate of drug-likeness (QED) is 0.681. The van der Waals surface area contributed by atoms with Gasteiger partial charge < -0.3 is 15.0 Å². The van der Waals surface area contributed by atoms with Crippen LogP contribution in [-0.2, 0) is 9.53 Å². The Morgan fingerprint density at radius 3 is 2.52 bits per heavy atom. The molecule has 0 spiro atoms. The van der Waals surface area contributed by atoms with Crippen LogP contribution in [0.25, 0.3) is 0 Å². The summed E-state index contributed by atoms with van der Waals surface area (Å²) < 4.78 is 41.4. The molecule has 25 heavy (non-hydrogen) atoms. The Labute approximate surface area is 157 Å². The SMILES string of the molecule is Cc1ccc(NC(=O)C2CCN(C(=O)OCC(F)(F)F)CC2)cc1I. The van der Waals surface area contributed by atoms with Crippen LogP contribution in [0.4, 0.5) is 23.7 Å². The van der Waals surface area contributed by atoms with E-state index in [1.807, 2.05) is 25.1 Å². The molecular formula is C16H18F3IN2O3. The van der Waals surface area contributed by atoms with Crippen LogP contribution in [0.3, 0.4) is 0 Å². The molecule has 1 fully saturated rings. The van der Waals surface area contributed by atoms with Gasteiger partial charge in [-0.1, -0.05) is 6.07 Å². The van der Waals surface area contributed by atoms with E-state index in [1.165, 1.54) is 4.90 Å². The number of hydrogen-bond acceptors (Lipinski definition) is 3. The fourth-order valence-corrected chi connectivity index (χ4v) is 2.99. The number of piperidine rings is 1. The van der Waals surface area contributed by atoms with E-state index in [9.17, 15) is 22.8 Å². The van der Waals surface area contributed by atoms with Crippen molar-refractivity contribution in [2.45, 2.75) is 25.9 Å². The average Bonchev–Trinajstić information content (AvgIpc) is 2.55. The van der Waals surface area contributed by atoms with E-state index in [0.717, 1.165) is 9.13 Å². The maximum atomic E-state index is 12.3. The third-order valence-corrected chi connectivity index (χ3v) is 5.08. The van der Waals surface area contributed by atoms with Crippen molar-refractivity contribution in [3.63, 3.8) is 0 Å². The van der Waals surface area contributed by atoms with Crippen molar-refractivity contribution in [1.82, 2.24) is 4.90 Å². The van der Waals surface area contributed by atoms with Gasteiger partial charge in [0, 0.05) is 28.3 Å². The molecule has 1 N–H and O–H groups in total. The molecule has 1 aromatic carbocycles. The lowest BCUT2D eigenvalue weighted by atomic mass is 9.96. The Balaban J connectivity index is 1.81. The molecule has 0 saturated carbocycles. The molecule has 0 unspecified atom stereocenters. The van der Waals surface area contributed by atoms with E-state index in [2.05, 4.69) is 32.6 Å². The second-order valence-electron chi connectivity index (χ2n) is 5.88. The van der Waals surface area contributed by atoms with Crippen LogP contribution < -0.4 is 5.32 Å². The number of hydrogen-bond donors (Lipinski definition) is 1. The predicted octanol–water partition coefficient (Wildman–Crippen LogP) is 3.95. The highest BCUT2D eigenvalue weighted by Gasteiger charge is 2.32. The number of aryl methyl sites for hydroxylation is 1. The summed E-state index contributed by atoms with van der Waals surface area (Å²) in [4.78, 5) is 25.1. The third kappa shape index (κ3) is 6.05. The van der Waals surface area contributed by atoms with E-state index in [1.54, 1.807) is 0 Å². The van der Waals surface area contributed by atoms with Gasteiger partial charge in [0.25, 0.3) is 0 Å². The lowest BCUT2D eigenvalue weighted by Gasteiger charge is -2.30. The van der Waals surface area contributed by atoms with Crippen LogP contribution >= 0.6 is 22.6 Å². The van der Waals surface area contributed by atoms with Gasteiger partial charge in [0.15, 0.2) is 6.61 Å². The standard InChI is InChI=1S/C16H18F3IN2O3/c1-10-2-3-12(8-13(10)20)21-14(23)11-4-6-22(7-5-11)15(24)25-9-16(17,18)19/h2-3,8,11H,4-7,9H2,1H3,(H,21,23). The summed E-state index contributed by atoms with van der Waals surface area (Å²) in [6.07, 6.45) is -4.77. The Kier molecular flexibility index (Phi) is 6.53. The van der Waals surface area contributed by atoms with Crippen LogP contribution in [0.15, 0.2) is 18.2 Å². The number of alkyl halides is 3. The first kappa shape index (κ1) is 19.8. The topological polar surface area (TPSA) is 58.6 Å². The zero-order valence-electron chi connectivity index (χ0n) is 13.5. The molecule has 1 aromatic rings. The average molecular weight is 470 g/mol. The molecule has 0 bridgehead atoms. The summed E-state index contributed by atoms with van der Waals surface area (Å²) in [5.41, 5.74) is 1.82. The van der Waals surface area contributed by atoms with Gasteiger partial charge in [-0.25, -0.2) is 4.79 Å². The smallest absolute Gasteiger partial charge is 0.422 e. The number of likely N-dealkylation sites (tertiary alicyclic amines) is 1. The van der Waals surface area contributed by atoms with Crippen LogP contribution in [0.5, 0.6) is 0 Å². The number of anilines is 1. The zero-order chi connectivity index (χ0) is 18.6. The van der Waals surface area contributed by atoms with Gasteiger partial charge >= 0.3 is 12.3 Å². The van der Waals surface area contributed by atoms with Crippen LogP contribution in [0, 0.1) is 16.4 Å². The molecular weight excluding hydrogens is 452 g/mol. The highest BCUT2D eigenvalue weighted by atomic mass is 127. The Hall–Kier alpha value is -1.52. The van der Waals surface area contributed by atoms with Gasteiger partial charge in [0.2, 0.25) is 5.91 Å². The van der Waals surface area contributed by atoms with Crippen molar-refractivity contribution in [2.75, 3.05) is 25.0 Å². The number of ether oxygens (including phenoxy) is 1. The number of nitrogens with one attached hydrogen (secondary N) is 1. The Bertz CT molecular complexity index is 644. The summed E-state index contributed by atoms with van der Waals surface area (Å²) in [6, 6.07) is 5.60. The van der Waals surface area contributed by atoms with Gasteiger partial charge in [-0.15, -0.1) is 0 Å². The third-order valence-electron chi connectivity index (χ3n) is 3.92. The number of amides is 2. The summed E-state index contributed by atoms with van der Waals surface area (Å²) in [5, 5.41) is 2.84. The molecule has 2 amide bonds. The number of carbonyl (C=O) groups excluding carboxylic acids is 2. The van der Waals surface area contributed by atoms with Crippen molar-refractivity contribution < 1.29 is 27.5 Å². The van der Waals surface area contributed by atoms with Gasteiger partial charge in [-0.3, -0.25) is 4.79 Å². The number of nitrogens with zero attached hydrogens (tertiary/aromatic N) is 1. The minimum atomic E-state index is -4.54. The molecule has 2 rings (SSSR count). The van der Waals surface area contributed by atoms with Crippen LogP contribution in [0.1, 0.15) is 18.4 Å². The number of halogens is 4. The summed E-state index contributed by atoms with van der Waals surface area (Å²) >= 11 is 2.18. The predicted molar refractivity (Wildman–Crippen MR) is 94.2 cm³/mol. The number of rotatable bonds is 3. The van der Waals surface area contributed by atoms with E-state index < -0.39 is 18.9 Å². The van der Waals surface area contributed by atoms with Crippen molar-refractivity contribution >= 4 is 40.3 Å². The fourth-order valence-electron chi connectivity index (χ4n) is 2.47. The first-order chi connectivity index (χ1) is 11.7. The maximum Gasteiger partial charge on any atom is 0.422 e. The minimum Gasteiger partial charge on any atom is -0.440 e. The minimum absolute atomic E-state index is 0.150. The molecule has 1 saturated heterocycles. The van der Waals surface area contributed by atoms with Crippen molar-refractivity contribution in [2.24, 2.45) is 5.92 Å². The molecule has 0 aromatic heterocycles. The number of carbonyl (C=O) groups is 2. The lowest BCUT2D eigenvalue weighted by Crippen LogP contribution is -2.42. The van der Waals surface area contributed by atoms with Crippen molar-refractivity contribution in [3.05, 3.63) is 27.3 Å². The molecule has 138 valence electrons. The summed E-state index contributed by atoms with van der Waals surface area (Å²) in [6.45, 7) is 0.764. The number of benzene rings is 1. The van der Waals surface area contributed by atoms with E-state index in [0.29, 0.717) is 18.5 Å². The molecule has 1 aliphatic rings. The van der Waals surface area contributed by atoms with E-state index >= 15 is 0 Å². The highest BCUT2D eigenvalue weighted by molar-refractivity contribution is 14.1. The molecule has 9 heteroatoms. The first-order valence-corrected chi connectivity index (χ1v) is 8.79. The monoisotopic (exact) mass is 470 g/mol. The lowest BCUT2D eigenvalue weighted by molar-refractivity contribution is -0.162. The second kappa shape index (κ2) is 8.24. The van der Waals surface area contributed by atoms with Gasteiger partial charge in [0.1, 0.15) is 0 Å². The van der Waals surface area contributed by atoms with E-state index in [-0.39, 0.29) is 24.9 Å². The van der Waals surface area contributed by atoms with Crippen molar-refractivity contribution in [1.29, 1.82) is 0 Å². The largest absolute Gasteiger partial charge is 0.440 e. The van der Waals surface area contributed by atoms with Gasteiger partial charge in [-0.2, -0.15) is 13.2 Å². The molecule has 1 aliphatic heterocycles. The van der Waals surface area contributed by atoms with E-state index in [4.69, 9.17) is 0 Å². The van der Waals surface area contributed by atoms with Gasteiger partial charge in [-0.05, 0) is 60.1 Å². The Morgan fingerprint density at radius 1 is 1.32 bits per heavy atom. The molecule has 1 heterocycles. The zero-order valence-corrected chi connectivity index (χ0v) is 15.7. The summed E-state index contributed by atoms with van der Waals surface area (Å²) in [7, 11) is 0. The molecule has 0 aliphatic carbocycles.